The summed E-state index contributed by atoms with van der Waals surface area (Å²) in [6, 6.07) is 0. The lowest BCUT2D eigenvalue weighted by atomic mass is 9.62. The maximum atomic E-state index is 11.2. The standard InChI is InChI=1S/C13H18O4/c1-5(14)16-8-3-2-6-10-9-4-7(12(10)15)11(8)13(6)17-9/h6-13,15H,2-4H2,1H3. The summed E-state index contributed by atoms with van der Waals surface area (Å²) in [4.78, 5) is 11.2. The third-order valence-corrected chi connectivity index (χ3v) is 5.42. The van der Waals surface area contributed by atoms with Crippen LogP contribution in [0.1, 0.15) is 26.2 Å². The van der Waals surface area contributed by atoms with Crippen molar-refractivity contribution in [1.29, 1.82) is 0 Å². The minimum atomic E-state index is -0.230. The maximum absolute atomic E-state index is 11.2. The Kier molecular flexibility index (Phi) is 1.96. The molecule has 0 aromatic rings. The monoisotopic (exact) mass is 238 g/mol. The van der Waals surface area contributed by atoms with Gasteiger partial charge in [0.25, 0.3) is 0 Å². The molecular formula is C13H18O4. The number of esters is 1. The number of carbonyl (C=O) groups excluding carboxylic acids is 1. The van der Waals surface area contributed by atoms with Gasteiger partial charge in [-0.05, 0) is 31.1 Å². The fourth-order valence-electron chi connectivity index (χ4n) is 5.02. The van der Waals surface area contributed by atoms with Crippen LogP contribution in [-0.2, 0) is 14.3 Å². The van der Waals surface area contributed by atoms with Crippen LogP contribution in [0.25, 0.3) is 0 Å². The van der Waals surface area contributed by atoms with E-state index in [0.717, 1.165) is 19.3 Å². The summed E-state index contributed by atoms with van der Waals surface area (Å²) in [7, 11) is 0. The molecule has 0 radical (unpaired) electrons. The van der Waals surface area contributed by atoms with Crippen molar-refractivity contribution in [3.8, 4) is 0 Å². The first-order valence-electron chi connectivity index (χ1n) is 6.67. The molecule has 3 saturated carbocycles. The van der Waals surface area contributed by atoms with Crippen molar-refractivity contribution in [1.82, 2.24) is 0 Å². The van der Waals surface area contributed by atoms with Crippen LogP contribution in [0.15, 0.2) is 0 Å². The molecule has 2 heterocycles. The van der Waals surface area contributed by atoms with Crippen molar-refractivity contribution in [2.75, 3.05) is 0 Å². The number of rotatable bonds is 1. The number of carbonyl (C=O) groups is 1. The largest absolute Gasteiger partial charge is 0.462 e. The predicted octanol–water partition coefficient (Wildman–Crippen LogP) is 0.722. The van der Waals surface area contributed by atoms with Gasteiger partial charge in [0.05, 0.1) is 18.3 Å². The number of hydrogen-bond acceptors (Lipinski definition) is 4. The van der Waals surface area contributed by atoms with Crippen molar-refractivity contribution in [2.24, 2.45) is 23.7 Å². The van der Waals surface area contributed by atoms with Gasteiger partial charge in [0, 0.05) is 18.8 Å². The topological polar surface area (TPSA) is 55.8 Å². The Morgan fingerprint density at radius 3 is 2.88 bits per heavy atom. The van der Waals surface area contributed by atoms with E-state index in [-0.39, 0.29) is 36.3 Å². The van der Waals surface area contributed by atoms with Crippen molar-refractivity contribution < 1.29 is 19.4 Å². The zero-order valence-electron chi connectivity index (χ0n) is 9.91. The minimum absolute atomic E-state index is 0.0339. The highest BCUT2D eigenvalue weighted by Crippen LogP contribution is 2.61. The van der Waals surface area contributed by atoms with Crippen LogP contribution < -0.4 is 0 Å². The minimum Gasteiger partial charge on any atom is -0.462 e. The second kappa shape index (κ2) is 3.23. The zero-order chi connectivity index (χ0) is 11.7. The number of aliphatic hydroxyl groups excluding tert-OH is 1. The molecular weight excluding hydrogens is 220 g/mol. The third kappa shape index (κ3) is 1.18. The molecule has 4 nitrogen and oxygen atoms in total. The van der Waals surface area contributed by atoms with E-state index < -0.39 is 0 Å². The van der Waals surface area contributed by atoms with E-state index in [2.05, 4.69) is 0 Å². The maximum Gasteiger partial charge on any atom is 0.302 e. The molecule has 94 valence electrons. The Morgan fingerprint density at radius 1 is 1.29 bits per heavy atom. The first-order valence-corrected chi connectivity index (χ1v) is 6.67. The van der Waals surface area contributed by atoms with Gasteiger partial charge in [-0.25, -0.2) is 0 Å². The van der Waals surface area contributed by atoms with E-state index in [0.29, 0.717) is 17.8 Å². The Labute approximate surface area is 100 Å². The summed E-state index contributed by atoms with van der Waals surface area (Å²) in [5.74, 6) is 1.19. The fraction of sp³-hybridized carbons (Fsp3) is 0.923. The van der Waals surface area contributed by atoms with E-state index >= 15 is 0 Å². The molecule has 8 atom stereocenters. The van der Waals surface area contributed by atoms with Crippen molar-refractivity contribution >= 4 is 5.97 Å². The average molecular weight is 238 g/mol. The predicted molar refractivity (Wildman–Crippen MR) is 58.0 cm³/mol. The Morgan fingerprint density at radius 2 is 2.12 bits per heavy atom. The SMILES string of the molecule is CC(=O)OC1CCC2C3OC4CC(C(O)C42)C13. The molecule has 2 saturated heterocycles. The lowest BCUT2D eigenvalue weighted by molar-refractivity contribution is -0.178. The van der Waals surface area contributed by atoms with Crippen molar-refractivity contribution in [2.45, 2.75) is 50.6 Å². The average Bonchev–Trinajstić information content (AvgIpc) is 2.71. The van der Waals surface area contributed by atoms with Gasteiger partial charge in [-0.3, -0.25) is 4.79 Å². The van der Waals surface area contributed by atoms with Crippen LogP contribution in [0.5, 0.6) is 0 Å². The molecule has 6 bridgehead atoms. The number of aliphatic hydroxyl groups is 1. The fourth-order valence-corrected chi connectivity index (χ4v) is 5.02. The van der Waals surface area contributed by atoms with Crippen molar-refractivity contribution in [3.63, 3.8) is 0 Å². The molecule has 0 aromatic carbocycles. The van der Waals surface area contributed by atoms with Gasteiger partial charge in [-0.2, -0.15) is 0 Å². The summed E-state index contributed by atoms with van der Waals surface area (Å²) in [6.45, 7) is 1.47. The molecule has 1 N–H and O–H groups in total. The van der Waals surface area contributed by atoms with Crippen LogP contribution in [0.2, 0.25) is 0 Å². The summed E-state index contributed by atoms with van der Waals surface area (Å²) in [6.07, 6.45) is 3.19. The summed E-state index contributed by atoms with van der Waals surface area (Å²) < 4.78 is 11.5. The van der Waals surface area contributed by atoms with Crippen LogP contribution in [-0.4, -0.2) is 35.5 Å². The third-order valence-electron chi connectivity index (χ3n) is 5.42. The molecule has 5 fully saturated rings. The molecule has 0 aromatic heterocycles. The van der Waals surface area contributed by atoms with E-state index in [9.17, 15) is 9.90 Å². The van der Waals surface area contributed by atoms with Crippen molar-refractivity contribution in [3.05, 3.63) is 0 Å². The van der Waals surface area contributed by atoms with Crippen LogP contribution in [0, 0.1) is 23.7 Å². The van der Waals surface area contributed by atoms with E-state index in [1.807, 2.05) is 0 Å². The van der Waals surface area contributed by atoms with Gasteiger partial charge in [-0.1, -0.05) is 0 Å². The zero-order valence-corrected chi connectivity index (χ0v) is 9.91. The highest BCUT2D eigenvalue weighted by Gasteiger charge is 2.67. The number of ether oxygens (including phenoxy) is 2. The molecule has 0 spiro atoms. The molecule has 4 heteroatoms. The van der Waals surface area contributed by atoms with Gasteiger partial charge >= 0.3 is 5.97 Å². The first-order chi connectivity index (χ1) is 8.16. The molecule has 17 heavy (non-hydrogen) atoms. The number of hydrogen-bond donors (Lipinski definition) is 1. The summed E-state index contributed by atoms with van der Waals surface area (Å²) in [5.41, 5.74) is 0. The summed E-state index contributed by atoms with van der Waals surface area (Å²) >= 11 is 0. The van der Waals surface area contributed by atoms with Gasteiger partial charge in [0.2, 0.25) is 0 Å². The molecule has 5 aliphatic rings. The van der Waals surface area contributed by atoms with Gasteiger partial charge in [-0.15, -0.1) is 0 Å². The molecule has 8 unspecified atom stereocenters. The van der Waals surface area contributed by atoms with Gasteiger partial charge in [0.15, 0.2) is 0 Å². The van der Waals surface area contributed by atoms with Crippen LogP contribution in [0.4, 0.5) is 0 Å². The van der Waals surface area contributed by atoms with Gasteiger partial charge < -0.3 is 14.6 Å². The Bertz CT molecular complexity index is 360. The van der Waals surface area contributed by atoms with E-state index in [4.69, 9.17) is 9.47 Å². The molecule has 3 aliphatic carbocycles. The smallest absolute Gasteiger partial charge is 0.302 e. The Balaban J connectivity index is 1.67. The Hall–Kier alpha value is -0.610. The van der Waals surface area contributed by atoms with E-state index in [1.165, 1.54) is 6.92 Å². The first kappa shape index (κ1) is 10.3. The van der Waals surface area contributed by atoms with E-state index in [1.54, 1.807) is 0 Å². The lowest BCUT2D eigenvalue weighted by Gasteiger charge is -2.48. The summed E-state index contributed by atoms with van der Waals surface area (Å²) in [5, 5.41) is 10.3. The highest BCUT2D eigenvalue weighted by atomic mass is 16.6. The molecule has 5 rings (SSSR count). The highest BCUT2D eigenvalue weighted by molar-refractivity contribution is 5.66. The van der Waals surface area contributed by atoms with Crippen LogP contribution >= 0.6 is 0 Å². The van der Waals surface area contributed by atoms with Crippen LogP contribution in [0.3, 0.4) is 0 Å². The second-order valence-corrected chi connectivity index (χ2v) is 6.07. The normalized spacial score (nSPS) is 58.5. The quantitative estimate of drug-likeness (QED) is 0.684. The lowest BCUT2D eigenvalue weighted by Crippen LogP contribution is -2.54. The second-order valence-electron chi connectivity index (χ2n) is 6.07. The van der Waals surface area contributed by atoms with Gasteiger partial charge in [0.1, 0.15) is 6.10 Å². The molecule has 0 amide bonds. The molecule has 2 aliphatic heterocycles.